The summed E-state index contributed by atoms with van der Waals surface area (Å²) in [6.45, 7) is 5.93. The van der Waals surface area contributed by atoms with Crippen LogP contribution in [0.4, 0.5) is 0 Å². The second kappa shape index (κ2) is 9.28. The maximum Gasteiger partial charge on any atom is 0.223 e. The monoisotopic (exact) mass is 272 g/mol. The van der Waals surface area contributed by atoms with Crippen LogP contribution in [-0.2, 0) is 9.53 Å². The molecular weight excluding hydrogens is 244 g/mol. The highest BCUT2D eigenvalue weighted by Gasteiger charge is 2.25. The van der Waals surface area contributed by atoms with Crippen LogP contribution in [0.1, 0.15) is 32.6 Å². The number of β-amino-alcohol motifs (C(OH)–C–C–N with tert-alkyl or cyclic N) is 1. The lowest BCUT2D eigenvalue weighted by Crippen LogP contribution is -2.43. The van der Waals surface area contributed by atoms with E-state index in [4.69, 9.17) is 4.74 Å². The molecule has 5 nitrogen and oxygen atoms in total. The number of nitrogens with one attached hydrogen (secondary N) is 1. The van der Waals surface area contributed by atoms with Gasteiger partial charge >= 0.3 is 0 Å². The van der Waals surface area contributed by atoms with Gasteiger partial charge in [-0.15, -0.1) is 0 Å². The molecule has 0 aliphatic carbocycles. The highest BCUT2D eigenvalue weighted by Crippen LogP contribution is 2.17. The van der Waals surface area contributed by atoms with Crippen molar-refractivity contribution in [3.8, 4) is 0 Å². The van der Waals surface area contributed by atoms with E-state index < -0.39 is 0 Å². The average Bonchev–Trinajstić information content (AvgIpc) is 2.44. The summed E-state index contributed by atoms with van der Waals surface area (Å²) in [7, 11) is 1.67. The Morgan fingerprint density at radius 1 is 1.47 bits per heavy atom. The fraction of sp³-hybridized carbons (Fsp3) is 0.929. The molecule has 0 spiro atoms. The Kier molecular flexibility index (Phi) is 8.02. The van der Waals surface area contributed by atoms with Gasteiger partial charge in [0, 0.05) is 32.7 Å². The first-order valence-corrected chi connectivity index (χ1v) is 7.34. The number of carbonyl (C=O) groups excluding carboxylic acids is 1. The van der Waals surface area contributed by atoms with E-state index in [1.165, 1.54) is 0 Å². The lowest BCUT2D eigenvalue weighted by molar-refractivity contribution is -0.126. The van der Waals surface area contributed by atoms with Crippen LogP contribution in [-0.4, -0.2) is 61.9 Å². The van der Waals surface area contributed by atoms with Crippen molar-refractivity contribution in [2.45, 2.75) is 38.7 Å². The molecule has 0 radical (unpaired) electrons. The number of rotatable bonds is 8. The van der Waals surface area contributed by atoms with E-state index in [2.05, 4.69) is 10.2 Å². The topological polar surface area (TPSA) is 61.8 Å². The molecule has 1 unspecified atom stereocenters. The normalized spacial score (nSPS) is 19.3. The minimum atomic E-state index is -0.237. The van der Waals surface area contributed by atoms with Crippen LogP contribution in [0.25, 0.3) is 0 Å². The van der Waals surface area contributed by atoms with Crippen molar-refractivity contribution >= 4 is 5.91 Å². The number of nitrogens with zero attached hydrogens (tertiary/aromatic N) is 1. The van der Waals surface area contributed by atoms with Crippen LogP contribution in [0, 0.1) is 5.92 Å². The molecule has 0 bridgehead atoms. The van der Waals surface area contributed by atoms with Gasteiger partial charge in [0.2, 0.25) is 5.91 Å². The first kappa shape index (κ1) is 16.4. The fourth-order valence-electron chi connectivity index (χ4n) is 2.38. The molecule has 112 valence electrons. The van der Waals surface area contributed by atoms with Gasteiger partial charge in [-0.1, -0.05) is 6.92 Å². The van der Waals surface area contributed by atoms with Crippen molar-refractivity contribution in [2.75, 3.05) is 39.9 Å². The van der Waals surface area contributed by atoms with Crippen molar-refractivity contribution in [3.63, 3.8) is 0 Å². The molecule has 1 heterocycles. The average molecular weight is 272 g/mol. The van der Waals surface area contributed by atoms with E-state index in [1.54, 1.807) is 7.11 Å². The maximum absolute atomic E-state index is 11.9. The van der Waals surface area contributed by atoms with Gasteiger partial charge < -0.3 is 20.1 Å². The Balaban J connectivity index is 2.16. The molecule has 0 aromatic carbocycles. The van der Waals surface area contributed by atoms with E-state index >= 15 is 0 Å². The summed E-state index contributed by atoms with van der Waals surface area (Å²) >= 11 is 0. The van der Waals surface area contributed by atoms with Gasteiger partial charge in [0.15, 0.2) is 0 Å². The summed E-state index contributed by atoms with van der Waals surface area (Å²) in [5.41, 5.74) is 0. The molecule has 0 saturated carbocycles. The minimum Gasteiger partial charge on any atom is -0.392 e. The van der Waals surface area contributed by atoms with Crippen molar-refractivity contribution in [1.29, 1.82) is 0 Å². The SMILES string of the molecule is CCC(O)CN1CCC(C(=O)NCCCOC)CC1. The molecule has 0 aromatic rings. The number of hydrogen-bond acceptors (Lipinski definition) is 4. The number of methoxy groups -OCH3 is 1. The summed E-state index contributed by atoms with van der Waals surface area (Å²) in [6, 6.07) is 0. The largest absolute Gasteiger partial charge is 0.392 e. The predicted molar refractivity (Wildman–Crippen MR) is 75.0 cm³/mol. The van der Waals surface area contributed by atoms with Gasteiger partial charge in [0.1, 0.15) is 0 Å². The molecule has 19 heavy (non-hydrogen) atoms. The highest BCUT2D eigenvalue weighted by molar-refractivity contribution is 5.78. The Labute approximate surface area is 116 Å². The fourth-order valence-corrected chi connectivity index (χ4v) is 2.38. The molecular formula is C14H28N2O3. The number of hydrogen-bond donors (Lipinski definition) is 2. The Bertz CT molecular complexity index is 253. The van der Waals surface area contributed by atoms with Crippen LogP contribution in [0.2, 0.25) is 0 Å². The lowest BCUT2D eigenvalue weighted by Gasteiger charge is -2.32. The van der Waals surface area contributed by atoms with E-state index in [0.717, 1.165) is 45.3 Å². The van der Waals surface area contributed by atoms with Crippen LogP contribution in [0.15, 0.2) is 0 Å². The number of amides is 1. The lowest BCUT2D eigenvalue weighted by atomic mass is 9.95. The molecule has 5 heteroatoms. The smallest absolute Gasteiger partial charge is 0.223 e. The number of ether oxygens (including phenoxy) is 1. The summed E-state index contributed by atoms with van der Waals surface area (Å²) in [5.74, 6) is 0.310. The van der Waals surface area contributed by atoms with Crippen LogP contribution in [0.5, 0.6) is 0 Å². The second-order valence-corrected chi connectivity index (χ2v) is 5.27. The third-order valence-corrected chi connectivity index (χ3v) is 3.72. The van der Waals surface area contributed by atoms with E-state index in [0.29, 0.717) is 13.2 Å². The Morgan fingerprint density at radius 3 is 2.74 bits per heavy atom. The molecule has 1 saturated heterocycles. The van der Waals surface area contributed by atoms with Gasteiger partial charge in [0.25, 0.3) is 0 Å². The number of aliphatic hydroxyl groups is 1. The molecule has 1 fully saturated rings. The van der Waals surface area contributed by atoms with Gasteiger partial charge in [-0.05, 0) is 38.8 Å². The number of piperidine rings is 1. The zero-order chi connectivity index (χ0) is 14.1. The molecule has 1 atom stereocenters. The Morgan fingerprint density at radius 2 is 2.16 bits per heavy atom. The third kappa shape index (κ3) is 6.36. The van der Waals surface area contributed by atoms with Gasteiger partial charge in [-0.3, -0.25) is 4.79 Å². The maximum atomic E-state index is 11.9. The third-order valence-electron chi connectivity index (χ3n) is 3.72. The summed E-state index contributed by atoms with van der Waals surface area (Å²) < 4.78 is 4.95. The second-order valence-electron chi connectivity index (χ2n) is 5.27. The molecule has 1 amide bonds. The standard InChI is InChI=1S/C14H28N2O3/c1-3-13(17)11-16-8-5-12(6-9-16)14(18)15-7-4-10-19-2/h12-13,17H,3-11H2,1-2H3,(H,15,18). The number of likely N-dealkylation sites (tertiary alicyclic amines) is 1. The Hall–Kier alpha value is -0.650. The minimum absolute atomic E-state index is 0.137. The van der Waals surface area contributed by atoms with Gasteiger partial charge in [0.05, 0.1) is 6.10 Å². The molecule has 0 aromatic heterocycles. The predicted octanol–water partition coefficient (Wildman–Crippen LogP) is 0.622. The summed E-state index contributed by atoms with van der Waals surface area (Å²) in [4.78, 5) is 14.2. The zero-order valence-electron chi connectivity index (χ0n) is 12.2. The van der Waals surface area contributed by atoms with Crippen LogP contribution < -0.4 is 5.32 Å². The molecule has 1 aliphatic heterocycles. The van der Waals surface area contributed by atoms with Crippen molar-refractivity contribution in [1.82, 2.24) is 10.2 Å². The summed E-state index contributed by atoms with van der Waals surface area (Å²) in [6.07, 6.45) is 3.21. The number of carbonyl (C=O) groups is 1. The molecule has 1 aliphatic rings. The van der Waals surface area contributed by atoms with Crippen molar-refractivity contribution in [3.05, 3.63) is 0 Å². The van der Waals surface area contributed by atoms with E-state index in [-0.39, 0.29) is 17.9 Å². The quantitative estimate of drug-likeness (QED) is 0.636. The summed E-state index contributed by atoms with van der Waals surface area (Å²) in [5, 5.41) is 12.6. The van der Waals surface area contributed by atoms with E-state index in [9.17, 15) is 9.90 Å². The van der Waals surface area contributed by atoms with Crippen LogP contribution >= 0.6 is 0 Å². The first-order valence-electron chi connectivity index (χ1n) is 7.34. The van der Waals surface area contributed by atoms with Gasteiger partial charge in [-0.25, -0.2) is 0 Å². The first-order chi connectivity index (χ1) is 9.17. The number of aliphatic hydroxyl groups excluding tert-OH is 1. The van der Waals surface area contributed by atoms with Gasteiger partial charge in [-0.2, -0.15) is 0 Å². The zero-order valence-corrected chi connectivity index (χ0v) is 12.2. The van der Waals surface area contributed by atoms with Crippen LogP contribution in [0.3, 0.4) is 0 Å². The van der Waals surface area contributed by atoms with E-state index in [1.807, 2.05) is 6.92 Å². The van der Waals surface area contributed by atoms with Crippen molar-refractivity contribution < 1.29 is 14.6 Å². The molecule has 2 N–H and O–H groups in total. The van der Waals surface area contributed by atoms with Crippen molar-refractivity contribution in [2.24, 2.45) is 5.92 Å². The molecule has 1 rings (SSSR count). The highest BCUT2D eigenvalue weighted by atomic mass is 16.5.